The van der Waals surface area contributed by atoms with Gasteiger partial charge in [0.05, 0.1) is 17.7 Å². The second-order valence-corrected chi connectivity index (χ2v) is 5.33. The fourth-order valence-corrected chi connectivity index (χ4v) is 2.50. The van der Waals surface area contributed by atoms with Gasteiger partial charge in [0, 0.05) is 9.81 Å². The molecule has 0 N–H and O–H groups in total. The molecule has 1 aromatic rings. The molecular weight excluding hydrogens is 309 g/mol. The Hall–Kier alpha value is -1.76. The summed E-state index contributed by atoms with van der Waals surface area (Å²) in [6.45, 7) is 1.57. The summed E-state index contributed by atoms with van der Waals surface area (Å²) in [5.74, 6) is -2.45. The highest BCUT2D eigenvalue weighted by Gasteiger charge is 2.19. The Morgan fingerprint density at radius 1 is 1.55 bits per heavy atom. The van der Waals surface area contributed by atoms with Gasteiger partial charge in [0.2, 0.25) is 0 Å². The van der Waals surface area contributed by atoms with E-state index in [1.54, 1.807) is 6.92 Å². The zero-order valence-electron chi connectivity index (χ0n) is 10.5. The fraction of sp³-hybridized carbons (Fsp3) is 0.273. The summed E-state index contributed by atoms with van der Waals surface area (Å²) in [4.78, 5) is 25.3. The van der Waals surface area contributed by atoms with Gasteiger partial charge in [-0.1, -0.05) is 11.6 Å². The van der Waals surface area contributed by atoms with Crippen LogP contribution in [0.3, 0.4) is 0 Å². The van der Waals surface area contributed by atoms with Crippen molar-refractivity contribution in [1.29, 1.82) is 0 Å². The predicted molar refractivity (Wildman–Crippen MR) is 72.2 cm³/mol. The smallest absolute Gasteiger partial charge is 0.318 e. The first-order valence-corrected chi connectivity index (χ1v) is 6.49. The van der Waals surface area contributed by atoms with Crippen molar-refractivity contribution in [2.75, 3.05) is 7.11 Å². The Morgan fingerprint density at radius 2 is 2.20 bits per heavy atom. The van der Waals surface area contributed by atoms with Crippen LogP contribution in [0.15, 0.2) is 22.1 Å². The standard InChI is InChI=1S/C11H9ClFN3O3S/c1-5(11(18)19-2)20-9-3-6(10(17)15-16-14)8(13)4-7(9)12/h3-5H,1-2H3. The Kier molecular flexibility index (Phi) is 5.82. The lowest BCUT2D eigenvalue weighted by atomic mass is 10.2. The van der Waals surface area contributed by atoms with Crippen molar-refractivity contribution < 1.29 is 18.7 Å². The Bertz CT molecular complexity index is 605. The number of methoxy groups -OCH3 is 1. The van der Waals surface area contributed by atoms with E-state index in [2.05, 4.69) is 14.8 Å². The second kappa shape index (κ2) is 7.14. The molecule has 0 aliphatic heterocycles. The number of azide groups is 1. The number of nitrogens with zero attached hydrogens (tertiary/aromatic N) is 3. The zero-order chi connectivity index (χ0) is 15.3. The van der Waals surface area contributed by atoms with Crippen molar-refractivity contribution in [3.63, 3.8) is 0 Å². The van der Waals surface area contributed by atoms with E-state index in [0.29, 0.717) is 4.90 Å². The number of ether oxygens (including phenoxy) is 1. The maximum Gasteiger partial charge on any atom is 0.318 e. The van der Waals surface area contributed by atoms with E-state index in [-0.39, 0.29) is 5.02 Å². The Labute approximate surface area is 122 Å². The Balaban J connectivity index is 3.15. The molecule has 20 heavy (non-hydrogen) atoms. The van der Waals surface area contributed by atoms with Crippen molar-refractivity contribution in [3.8, 4) is 0 Å². The molecule has 1 unspecified atom stereocenters. The minimum Gasteiger partial charge on any atom is -0.468 e. The first-order valence-electron chi connectivity index (χ1n) is 5.23. The summed E-state index contributed by atoms with van der Waals surface area (Å²) in [6.07, 6.45) is 0. The van der Waals surface area contributed by atoms with Gasteiger partial charge in [-0.3, -0.25) is 9.59 Å². The summed E-state index contributed by atoms with van der Waals surface area (Å²) in [6, 6.07) is 2.06. The third-order valence-electron chi connectivity index (χ3n) is 2.22. The lowest BCUT2D eigenvalue weighted by Gasteiger charge is -2.11. The number of benzene rings is 1. The van der Waals surface area contributed by atoms with Gasteiger partial charge in [0.1, 0.15) is 11.1 Å². The summed E-state index contributed by atoms with van der Waals surface area (Å²) < 4.78 is 18.1. The molecule has 1 atom stereocenters. The van der Waals surface area contributed by atoms with Gasteiger partial charge in [-0.05, 0) is 29.7 Å². The maximum absolute atomic E-state index is 13.6. The van der Waals surface area contributed by atoms with E-state index in [1.165, 1.54) is 7.11 Å². The lowest BCUT2D eigenvalue weighted by molar-refractivity contribution is -0.139. The van der Waals surface area contributed by atoms with Gasteiger partial charge in [-0.2, -0.15) is 0 Å². The minimum atomic E-state index is -1.06. The fourth-order valence-electron chi connectivity index (χ4n) is 1.28. The molecule has 0 bridgehead atoms. The molecule has 0 saturated heterocycles. The molecule has 0 aliphatic carbocycles. The third kappa shape index (κ3) is 3.86. The van der Waals surface area contributed by atoms with E-state index in [4.69, 9.17) is 17.1 Å². The van der Waals surface area contributed by atoms with Gasteiger partial charge >= 0.3 is 5.97 Å². The number of rotatable bonds is 4. The van der Waals surface area contributed by atoms with E-state index >= 15 is 0 Å². The third-order valence-corrected chi connectivity index (χ3v) is 3.79. The van der Waals surface area contributed by atoms with Crippen LogP contribution in [0.2, 0.25) is 5.02 Å². The average molecular weight is 318 g/mol. The molecule has 0 aliphatic rings. The average Bonchev–Trinajstić information content (AvgIpc) is 2.40. The minimum absolute atomic E-state index is 0.0424. The summed E-state index contributed by atoms with van der Waals surface area (Å²) in [5.41, 5.74) is 7.78. The van der Waals surface area contributed by atoms with E-state index in [1.807, 2.05) is 0 Å². The van der Waals surface area contributed by atoms with E-state index in [0.717, 1.165) is 23.9 Å². The zero-order valence-corrected chi connectivity index (χ0v) is 12.0. The Morgan fingerprint density at radius 3 is 2.75 bits per heavy atom. The number of thioether (sulfide) groups is 1. The highest BCUT2D eigenvalue weighted by Crippen LogP contribution is 2.33. The van der Waals surface area contributed by atoms with Crippen molar-refractivity contribution in [3.05, 3.63) is 39.0 Å². The van der Waals surface area contributed by atoms with Crippen LogP contribution in [0.4, 0.5) is 4.39 Å². The highest BCUT2D eigenvalue weighted by atomic mass is 35.5. The molecule has 0 saturated carbocycles. The van der Waals surface area contributed by atoms with Crippen LogP contribution in [0.1, 0.15) is 17.3 Å². The number of carbonyl (C=O) groups is 2. The van der Waals surface area contributed by atoms with Crippen LogP contribution in [-0.2, 0) is 9.53 Å². The summed E-state index contributed by atoms with van der Waals surface area (Å²) in [5, 5.41) is 2.26. The SMILES string of the molecule is COC(=O)C(C)Sc1cc(C(=O)N=[N+]=[N-])c(F)cc1Cl. The molecule has 1 rings (SSSR count). The molecule has 1 amide bonds. The quantitative estimate of drug-likeness (QED) is 0.279. The van der Waals surface area contributed by atoms with Gasteiger partial charge in [-0.15, -0.1) is 11.8 Å². The molecule has 0 spiro atoms. The number of esters is 1. The van der Waals surface area contributed by atoms with Crippen LogP contribution < -0.4 is 0 Å². The summed E-state index contributed by atoms with van der Waals surface area (Å²) in [7, 11) is 1.24. The van der Waals surface area contributed by atoms with Crippen LogP contribution >= 0.6 is 23.4 Å². The first kappa shape index (κ1) is 16.3. The predicted octanol–water partition coefficient (Wildman–Crippen LogP) is 3.58. The van der Waals surface area contributed by atoms with Crippen LogP contribution in [-0.4, -0.2) is 24.2 Å². The number of carbonyl (C=O) groups excluding carboxylic acids is 2. The van der Waals surface area contributed by atoms with Crippen molar-refractivity contribution in [2.45, 2.75) is 17.1 Å². The highest BCUT2D eigenvalue weighted by molar-refractivity contribution is 8.00. The van der Waals surface area contributed by atoms with E-state index < -0.39 is 28.5 Å². The van der Waals surface area contributed by atoms with Gasteiger partial charge < -0.3 is 4.74 Å². The molecule has 9 heteroatoms. The molecule has 106 valence electrons. The topological polar surface area (TPSA) is 92.1 Å². The molecule has 1 aromatic carbocycles. The van der Waals surface area contributed by atoms with Crippen molar-refractivity contribution >= 4 is 35.2 Å². The van der Waals surface area contributed by atoms with Gasteiger partial charge in [0.25, 0.3) is 5.91 Å². The molecule has 0 radical (unpaired) electrons. The second-order valence-electron chi connectivity index (χ2n) is 3.54. The van der Waals surface area contributed by atoms with Crippen molar-refractivity contribution in [1.82, 2.24) is 0 Å². The van der Waals surface area contributed by atoms with Crippen LogP contribution in [0.5, 0.6) is 0 Å². The largest absolute Gasteiger partial charge is 0.468 e. The summed E-state index contributed by atoms with van der Waals surface area (Å²) >= 11 is 6.85. The van der Waals surface area contributed by atoms with Gasteiger partial charge in [-0.25, -0.2) is 4.39 Å². The number of halogens is 2. The van der Waals surface area contributed by atoms with Crippen molar-refractivity contribution in [2.24, 2.45) is 5.11 Å². The van der Waals surface area contributed by atoms with E-state index in [9.17, 15) is 14.0 Å². The molecule has 6 nitrogen and oxygen atoms in total. The molecule has 0 fully saturated rings. The number of hydrogen-bond donors (Lipinski definition) is 0. The van der Waals surface area contributed by atoms with Gasteiger partial charge in [0.15, 0.2) is 0 Å². The lowest BCUT2D eigenvalue weighted by Crippen LogP contribution is -2.14. The van der Waals surface area contributed by atoms with Crippen LogP contribution in [0.25, 0.3) is 10.4 Å². The normalized spacial score (nSPS) is 11.4. The number of hydrogen-bond acceptors (Lipinski definition) is 4. The van der Waals surface area contributed by atoms with Crippen LogP contribution in [0, 0.1) is 5.82 Å². The number of amides is 1. The molecule has 0 aromatic heterocycles. The maximum atomic E-state index is 13.6. The first-order chi connectivity index (χ1) is 9.40. The molecular formula is C11H9ClFN3O3S. The monoisotopic (exact) mass is 317 g/mol. The molecule has 0 heterocycles.